The van der Waals surface area contributed by atoms with E-state index in [1.54, 1.807) is 24.3 Å². The number of aryl methyl sites for hydroxylation is 1. The van der Waals surface area contributed by atoms with Gasteiger partial charge in [-0.2, -0.15) is 4.99 Å². The van der Waals surface area contributed by atoms with Crippen LogP contribution in [0.15, 0.2) is 44.5 Å². The van der Waals surface area contributed by atoms with Gasteiger partial charge in [0.2, 0.25) is 5.13 Å². The maximum absolute atomic E-state index is 12.0. The van der Waals surface area contributed by atoms with Crippen LogP contribution in [0.3, 0.4) is 0 Å². The Morgan fingerprint density at radius 3 is 2.76 bits per heavy atom. The van der Waals surface area contributed by atoms with Crippen molar-refractivity contribution in [3.63, 3.8) is 0 Å². The minimum atomic E-state index is -3.58. The fourth-order valence-corrected chi connectivity index (χ4v) is 3.94. The fraction of sp³-hybridized carbons (Fsp3) is 0.214. The lowest BCUT2D eigenvalue weighted by atomic mass is 10.2. The quantitative estimate of drug-likeness (QED) is 0.351. The molecule has 0 saturated carbocycles. The highest BCUT2D eigenvalue weighted by molar-refractivity contribution is 7.98. The number of nitrogens with one attached hydrogen (secondary N) is 1. The van der Waals surface area contributed by atoms with Crippen LogP contribution < -0.4 is 16.2 Å². The van der Waals surface area contributed by atoms with Crippen LogP contribution in [0.1, 0.15) is 11.3 Å². The van der Waals surface area contributed by atoms with Gasteiger partial charge in [-0.05, 0) is 19.1 Å². The van der Waals surface area contributed by atoms with Crippen molar-refractivity contribution in [2.45, 2.75) is 17.6 Å². The molecule has 8 nitrogen and oxygen atoms in total. The summed E-state index contributed by atoms with van der Waals surface area (Å²) in [5.41, 5.74) is 12.4. The number of nitrogens with two attached hydrogens (primary N) is 2. The zero-order valence-corrected chi connectivity index (χ0v) is 15.9. The van der Waals surface area contributed by atoms with Crippen molar-refractivity contribution in [1.82, 2.24) is 9.71 Å². The second-order valence-corrected chi connectivity index (χ2v) is 8.39. The molecule has 0 aliphatic carbocycles. The lowest BCUT2D eigenvalue weighted by molar-refractivity contribution is 0.593. The molecule has 0 atom stereocenters. The first-order chi connectivity index (χ1) is 11.9. The molecule has 0 fully saturated rings. The summed E-state index contributed by atoms with van der Waals surface area (Å²) in [5, 5.41) is 2.36. The van der Waals surface area contributed by atoms with Crippen LogP contribution in [-0.2, 0) is 15.8 Å². The zero-order valence-electron chi connectivity index (χ0n) is 13.4. The molecular weight excluding hydrogens is 380 g/mol. The highest BCUT2D eigenvalue weighted by Gasteiger charge is 2.10. The molecule has 0 spiro atoms. The molecule has 0 bridgehead atoms. The number of hydrogen-bond donors (Lipinski definition) is 3. The second-order valence-electron chi connectivity index (χ2n) is 4.88. The van der Waals surface area contributed by atoms with Crippen molar-refractivity contribution < 1.29 is 8.42 Å². The standard InChI is InChI=1S/C14H18N6O2S3/c1-10-2-4-12(5-3-10)25(21,22)18-8-17-9-23-6-11-7-24-14(19-11)20-13(15)16/h2-5,7-8H,6,9H2,1H3,(H,17,18)(H4,15,16,19,20). The Bertz CT molecular complexity index is 855. The predicted molar refractivity (Wildman–Crippen MR) is 104 cm³/mol. The molecule has 0 amide bonds. The summed E-state index contributed by atoms with van der Waals surface area (Å²) < 4.78 is 26.4. The molecule has 1 heterocycles. The highest BCUT2D eigenvalue weighted by atomic mass is 32.2. The topological polar surface area (TPSA) is 136 Å². The van der Waals surface area contributed by atoms with Crippen LogP contribution >= 0.6 is 23.1 Å². The molecule has 0 radical (unpaired) electrons. The minimum Gasteiger partial charge on any atom is -0.370 e. The van der Waals surface area contributed by atoms with Crippen molar-refractivity contribution >= 4 is 50.6 Å². The third-order valence-electron chi connectivity index (χ3n) is 2.81. The van der Waals surface area contributed by atoms with Crippen molar-refractivity contribution in [3.8, 4) is 0 Å². The molecule has 1 aromatic carbocycles. The highest BCUT2D eigenvalue weighted by Crippen LogP contribution is 2.21. The van der Waals surface area contributed by atoms with Crippen LogP contribution in [-0.4, -0.2) is 31.6 Å². The van der Waals surface area contributed by atoms with E-state index in [9.17, 15) is 8.42 Å². The van der Waals surface area contributed by atoms with E-state index in [0.29, 0.717) is 16.8 Å². The Hall–Kier alpha value is -2.11. The number of guanidine groups is 1. The molecule has 134 valence electrons. The summed E-state index contributed by atoms with van der Waals surface area (Å²) in [7, 11) is -3.58. The number of aromatic nitrogens is 1. The molecule has 11 heteroatoms. The SMILES string of the molecule is Cc1ccc(S(=O)(=O)N/C=N/CSCc2csc(N=C(N)N)n2)cc1. The van der Waals surface area contributed by atoms with Crippen LogP contribution in [0.5, 0.6) is 0 Å². The number of hydrogen-bond acceptors (Lipinski definition) is 7. The van der Waals surface area contributed by atoms with Crippen molar-refractivity contribution in [3.05, 3.63) is 40.9 Å². The summed E-state index contributed by atoms with van der Waals surface area (Å²) >= 11 is 2.83. The van der Waals surface area contributed by atoms with Crippen molar-refractivity contribution in [2.24, 2.45) is 21.5 Å². The second kappa shape index (κ2) is 8.83. The van der Waals surface area contributed by atoms with Gasteiger partial charge in [0.25, 0.3) is 10.0 Å². The van der Waals surface area contributed by atoms with Crippen LogP contribution in [0.2, 0.25) is 0 Å². The largest absolute Gasteiger partial charge is 0.370 e. The van der Waals surface area contributed by atoms with Gasteiger partial charge in [-0.25, -0.2) is 13.4 Å². The van der Waals surface area contributed by atoms with E-state index < -0.39 is 10.0 Å². The normalized spacial score (nSPS) is 11.6. The van der Waals surface area contributed by atoms with E-state index in [1.807, 2.05) is 12.3 Å². The van der Waals surface area contributed by atoms with E-state index >= 15 is 0 Å². The zero-order chi connectivity index (χ0) is 18.3. The number of thioether (sulfide) groups is 1. The molecule has 1 aromatic heterocycles. The van der Waals surface area contributed by atoms with E-state index in [1.165, 1.54) is 29.4 Å². The predicted octanol–water partition coefficient (Wildman–Crippen LogP) is 1.55. The first-order valence-electron chi connectivity index (χ1n) is 7.06. The Balaban J connectivity index is 1.77. The molecule has 2 rings (SSSR count). The lowest BCUT2D eigenvalue weighted by Crippen LogP contribution is -2.22. The Kier molecular flexibility index (Phi) is 6.79. The molecular formula is C14H18N6O2S3. The lowest BCUT2D eigenvalue weighted by Gasteiger charge is -2.03. The number of aliphatic imine (C=N–C) groups is 2. The van der Waals surface area contributed by atoms with Crippen LogP contribution in [0.25, 0.3) is 0 Å². The number of rotatable bonds is 8. The molecule has 0 unspecified atom stereocenters. The van der Waals surface area contributed by atoms with Gasteiger partial charge in [-0.15, -0.1) is 23.1 Å². The van der Waals surface area contributed by atoms with E-state index in [4.69, 9.17) is 11.5 Å². The van der Waals surface area contributed by atoms with E-state index in [-0.39, 0.29) is 10.9 Å². The average molecular weight is 399 g/mol. The number of thiazole rings is 1. The summed E-state index contributed by atoms with van der Waals surface area (Å²) in [6, 6.07) is 6.59. The average Bonchev–Trinajstić information content (AvgIpc) is 2.97. The molecule has 0 aliphatic heterocycles. The molecule has 2 aromatic rings. The van der Waals surface area contributed by atoms with Gasteiger partial charge in [-0.1, -0.05) is 17.7 Å². The van der Waals surface area contributed by atoms with Gasteiger partial charge in [0.05, 0.1) is 22.8 Å². The molecule has 0 aliphatic rings. The maximum Gasteiger partial charge on any atom is 0.262 e. The third-order valence-corrected chi connectivity index (χ3v) is 5.73. The first-order valence-corrected chi connectivity index (χ1v) is 10.6. The number of nitrogens with zero attached hydrogens (tertiary/aromatic N) is 3. The van der Waals surface area contributed by atoms with E-state index in [0.717, 1.165) is 11.3 Å². The third kappa shape index (κ3) is 6.36. The van der Waals surface area contributed by atoms with Gasteiger partial charge in [-0.3, -0.25) is 9.71 Å². The minimum absolute atomic E-state index is 0.0287. The Morgan fingerprint density at radius 2 is 2.08 bits per heavy atom. The summed E-state index contributed by atoms with van der Waals surface area (Å²) in [6.07, 6.45) is 1.19. The van der Waals surface area contributed by atoms with Gasteiger partial charge in [0.1, 0.15) is 0 Å². The van der Waals surface area contributed by atoms with Crippen LogP contribution in [0.4, 0.5) is 5.13 Å². The van der Waals surface area contributed by atoms with Gasteiger partial charge in [0.15, 0.2) is 5.96 Å². The van der Waals surface area contributed by atoms with Crippen LogP contribution in [0, 0.1) is 6.92 Å². The summed E-state index contributed by atoms with van der Waals surface area (Å²) in [4.78, 5) is 12.3. The van der Waals surface area contributed by atoms with Crippen molar-refractivity contribution in [1.29, 1.82) is 0 Å². The number of sulfonamides is 1. The molecule has 25 heavy (non-hydrogen) atoms. The molecule has 5 N–H and O–H groups in total. The maximum atomic E-state index is 12.0. The van der Waals surface area contributed by atoms with Crippen molar-refractivity contribution in [2.75, 3.05) is 5.88 Å². The summed E-state index contributed by atoms with van der Waals surface area (Å²) in [6.45, 7) is 1.89. The van der Waals surface area contributed by atoms with E-state index in [2.05, 4.69) is 19.7 Å². The Labute approximate surface area is 154 Å². The summed E-state index contributed by atoms with van der Waals surface area (Å²) in [5.74, 6) is 0.989. The smallest absolute Gasteiger partial charge is 0.262 e. The molecule has 0 saturated heterocycles. The van der Waals surface area contributed by atoms with Gasteiger partial charge < -0.3 is 11.5 Å². The van der Waals surface area contributed by atoms with Gasteiger partial charge in [0, 0.05) is 11.1 Å². The first kappa shape index (κ1) is 19.2. The monoisotopic (exact) mass is 398 g/mol. The number of benzene rings is 1. The van der Waals surface area contributed by atoms with Gasteiger partial charge >= 0.3 is 0 Å². The Morgan fingerprint density at radius 1 is 1.36 bits per heavy atom. The fourth-order valence-electron chi connectivity index (χ4n) is 1.66.